The molecular formula is C15H14N2. The van der Waals surface area contributed by atoms with Crippen molar-refractivity contribution in [2.24, 2.45) is 0 Å². The number of aryl methyl sites for hydroxylation is 1. The molecule has 0 aliphatic carbocycles. The predicted molar refractivity (Wildman–Crippen MR) is 70.0 cm³/mol. The van der Waals surface area contributed by atoms with Crippen LogP contribution in [0.15, 0.2) is 55.0 Å². The molecular weight excluding hydrogens is 208 g/mol. The van der Waals surface area contributed by atoms with Crippen LogP contribution >= 0.6 is 0 Å². The number of hydrogen-bond donors (Lipinski definition) is 0. The zero-order valence-corrected chi connectivity index (χ0v) is 9.80. The fourth-order valence-electron chi connectivity index (χ4n) is 2.12. The molecule has 2 nitrogen and oxygen atoms in total. The molecule has 0 saturated heterocycles. The van der Waals surface area contributed by atoms with Crippen LogP contribution in [0.5, 0.6) is 0 Å². The smallest absolute Gasteiger partial charge is 0.0486 e. The minimum atomic E-state index is 0.898. The van der Waals surface area contributed by atoms with Crippen molar-refractivity contribution in [2.75, 3.05) is 0 Å². The van der Waals surface area contributed by atoms with Crippen molar-refractivity contribution in [3.63, 3.8) is 0 Å². The minimum absolute atomic E-state index is 0.898. The van der Waals surface area contributed by atoms with Crippen molar-refractivity contribution in [1.82, 2.24) is 9.55 Å². The number of pyridine rings is 1. The van der Waals surface area contributed by atoms with Gasteiger partial charge in [0.2, 0.25) is 0 Å². The normalized spacial score (nSPS) is 10.9. The van der Waals surface area contributed by atoms with E-state index in [2.05, 4.69) is 59.1 Å². The van der Waals surface area contributed by atoms with Gasteiger partial charge in [0.1, 0.15) is 0 Å². The van der Waals surface area contributed by atoms with E-state index in [0.717, 1.165) is 6.54 Å². The molecule has 0 N–H and O–H groups in total. The first-order valence-electron chi connectivity index (χ1n) is 5.77. The number of nitrogens with zero attached hydrogens (tertiary/aromatic N) is 2. The van der Waals surface area contributed by atoms with Gasteiger partial charge in [0.25, 0.3) is 0 Å². The van der Waals surface area contributed by atoms with Crippen molar-refractivity contribution in [3.05, 3.63) is 66.1 Å². The summed E-state index contributed by atoms with van der Waals surface area (Å²) in [5, 5.41) is 1.30. The van der Waals surface area contributed by atoms with Crippen LogP contribution in [-0.4, -0.2) is 9.55 Å². The molecule has 0 aliphatic rings. The van der Waals surface area contributed by atoms with E-state index in [9.17, 15) is 0 Å². The molecule has 17 heavy (non-hydrogen) atoms. The van der Waals surface area contributed by atoms with Gasteiger partial charge in [-0.15, -0.1) is 0 Å². The monoisotopic (exact) mass is 222 g/mol. The zero-order valence-electron chi connectivity index (χ0n) is 9.80. The first kappa shape index (κ1) is 10.1. The van der Waals surface area contributed by atoms with E-state index >= 15 is 0 Å². The van der Waals surface area contributed by atoms with E-state index in [-0.39, 0.29) is 0 Å². The van der Waals surface area contributed by atoms with Crippen LogP contribution in [0.4, 0.5) is 0 Å². The van der Waals surface area contributed by atoms with Crippen molar-refractivity contribution < 1.29 is 0 Å². The van der Waals surface area contributed by atoms with Gasteiger partial charge in [-0.2, -0.15) is 0 Å². The Morgan fingerprint density at radius 1 is 1.06 bits per heavy atom. The maximum absolute atomic E-state index is 4.04. The molecule has 3 rings (SSSR count). The Morgan fingerprint density at radius 3 is 2.71 bits per heavy atom. The fourth-order valence-corrected chi connectivity index (χ4v) is 2.12. The SMILES string of the molecule is Cc1ccc2ccn(Cc3ccncc3)c2c1. The summed E-state index contributed by atoms with van der Waals surface area (Å²) < 4.78 is 2.28. The van der Waals surface area contributed by atoms with Crippen molar-refractivity contribution >= 4 is 10.9 Å². The average molecular weight is 222 g/mol. The second-order valence-corrected chi connectivity index (χ2v) is 4.36. The summed E-state index contributed by atoms with van der Waals surface area (Å²) in [4.78, 5) is 4.04. The van der Waals surface area contributed by atoms with Gasteiger partial charge < -0.3 is 4.57 Å². The van der Waals surface area contributed by atoms with Gasteiger partial charge in [-0.3, -0.25) is 4.98 Å². The molecule has 0 fully saturated rings. The van der Waals surface area contributed by atoms with Gasteiger partial charge in [-0.25, -0.2) is 0 Å². The van der Waals surface area contributed by atoms with Crippen LogP contribution in [0.25, 0.3) is 10.9 Å². The highest BCUT2D eigenvalue weighted by molar-refractivity contribution is 5.80. The van der Waals surface area contributed by atoms with Gasteiger partial charge in [0, 0.05) is 30.7 Å². The number of fused-ring (bicyclic) bond motifs is 1. The standard InChI is InChI=1S/C15H14N2/c1-12-2-3-14-6-9-17(15(14)10-12)11-13-4-7-16-8-5-13/h2-10H,11H2,1H3. The molecule has 0 aliphatic heterocycles. The molecule has 0 radical (unpaired) electrons. The van der Waals surface area contributed by atoms with E-state index in [1.165, 1.54) is 22.0 Å². The maximum Gasteiger partial charge on any atom is 0.0486 e. The number of rotatable bonds is 2. The number of benzene rings is 1. The van der Waals surface area contributed by atoms with Gasteiger partial charge in [0.05, 0.1) is 0 Å². The van der Waals surface area contributed by atoms with Crippen molar-refractivity contribution in [2.45, 2.75) is 13.5 Å². The first-order valence-corrected chi connectivity index (χ1v) is 5.77. The van der Waals surface area contributed by atoms with E-state index < -0.39 is 0 Å². The molecule has 0 atom stereocenters. The molecule has 1 aromatic carbocycles. The van der Waals surface area contributed by atoms with Crippen LogP contribution in [0.2, 0.25) is 0 Å². The Labute approximate surface area is 101 Å². The third kappa shape index (κ3) is 1.94. The molecule has 0 amide bonds. The Bertz CT molecular complexity index is 638. The van der Waals surface area contributed by atoms with Crippen molar-refractivity contribution in [3.8, 4) is 0 Å². The van der Waals surface area contributed by atoms with E-state index in [1.807, 2.05) is 12.4 Å². The molecule has 84 valence electrons. The predicted octanol–water partition coefficient (Wildman–Crippen LogP) is 3.39. The quantitative estimate of drug-likeness (QED) is 0.650. The van der Waals surface area contributed by atoms with E-state index in [4.69, 9.17) is 0 Å². The average Bonchev–Trinajstić information content (AvgIpc) is 2.73. The van der Waals surface area contributed by atoms with Crippen molar-refractivity contribution in [1.29, 1.82) is 0 Å². The summed E-state index contributed by atoms with van der Waals surface area (Å²) >= 11 is 0. The number of hydrogen-bond acceptors (Lipinski definition) is 1. The molecule has 3 aromatic rings. The van der Waals surface area contributed by atoms with Crippen LogP contribution in [-0.2, 0) is 6.54 Å². The molecule has 0 unspecified atom stereocenters. The Morgan fingerprint density at radius 2 is 1.88 bits per heavy atom. The summed E-state index contributed by atoms with van der Waals surface area (Å²) in [6.07, 6.45) is 5.82. The molecule has 0 spiro atoms. The Hall–Kier alpha value is -2.09. The van der Waals surface area contributed by atoms with Gasteiger partial charge in [-0.1, -0.05) is 12.1 Å². The van der Waals surface area contributed by atoms with E-state index in [1.54, 1.807) is 0 Å². The van der Waals surface area contributed by atoms with Gasteiger partial charge in [0.15, 0.2) is 0 Å². The van der Waals surface area contributed by atoms with Crippen LogP contribution in [0, 0.1) is 6.92 Å². The maximum atomic E-state index is 4.04. The lowest BCUT2D eigenvalue weighted by molar-refractivity contribution is 0.834. The van der Waals surface area contributed by atoms with Crippen LogP contribution in [0.3, 0.4) is 0 Å². The lowest BCUT2D eigenvalue weighted by Crippen LogP contribution is -1.97. The van der Waals surface area contributed by atoms with Crippen LogP contribution in [0.1, 0.15) is 11.1 Å². The summed E-state index contributed by atoms with van der Waals surface area (Å²) in [6.45, 7) is 3.03. The minimum Gasteiger partial charge on any atom is -0.343 e. The first-order chi connectivity index (χ1) is 8.33. The molecule has 0 saturated carbocycles. The number of aromatic nitrogens is 2. The highest BCUT2D eigenvalue weighted by atomic mass is 14.9. The second-order valence-electron chi connectivity index (χ2n) is 4.36. The van der Waals surface area contributed by atoms with Gasteiger partial charge in [-0.05, 0) is 47.7 Å². The fraction of sp³-hybridized carbons (Fsp3) is 0.133. The van der Waals surface area contributed by atoms with E-state index in [0.29, 0.717) is 0 Å². The zero-order chi connectivity index (χ0) is 11.7. The Kier molecular flexibility index (Phi) is 2.41. The summed E-state index contributed by atoms with van der Waals surface area (Å²) in [5.41, 5.74) is 3.87. The third-order valence-electron chi connectivity index (χ3n) is 3.03. The molecule has 2 aromatic heterocycles. The second kappa shape index (κ2) is 4.06. The largest absolute Gasteiger partial charge is 0.343 e. The lowest BCUT2D eigenvalue weighted by atomic mass is 10.2. The highest BCUT2D eigenvalue weighted by Crippen LogP contribution is 2.18. The van der Waals surface area contributed by atoms with Crippen LogP contribution < -0.4 is 0 Å². The van der Waals surface area contributed by atoms with Gasteiger partial charge >= 0.3 is 0 Å². The molecule has 0 bridgehead atoms. The third-order valence-corrected chi connectivity index (χ3v) is 3.03. The molecule has 2 heteroatoms. The lowest BCUT2D eigenvalue weighted by Gasteiger charge is -2.05. The summed E-state index contributed by atoms with van der Waals surface area (Å²) in [6, 6.07) is 12.8. The Balaban J connectivity index is 2.03. The summed E-state index contributed by atoms with van der Waals surface area (Å²) in [7, 11) is 0. The molecule has 2 heterocycles. The summed E-state index contributed by atoms with van der Waals surface area (Å²) in [5.74, 6) is 0. The topological polar surface area (TPSA) is 17.8 Å². The highest BCUT2D eigenvalue weighted by Gasteiger charge is 2.01.